The summed E-state index contributed by atoms with van der Waals surface area (Å²) in [7, 11) is 0. The summed E-state index contributed by atoms with van der Waals surface area (Å²) < 4.78 is 0. The lowest BCUT2D eigenvalue weighted by molar-refractivity contribution is 0.332. The molecule has 0 amide bonds. The Hall–Kier alpha value is -0.300. The summed E-state index contributed by atoms with van der Waals surface area (Å²) in [5.74, 6) is 0. The summed E-state index contributed by atoms with van der Waals surface area (Å²) >= 11 is 0. The molecule has 0 atom stereocenters. The molecular weight excluding hydrogens is 146 g/mol. The van der Waals surface area contributed by atoms with Crippen LogP contribution in [0.1, 0.15) is 40.0 Å². The standard InChI is InChI=1S/C11H23N/c1-5-7-11(3,4)8-10-12-9-6-2/h5,12H,1,6-10H2,2-4H3. The van der Waals surface area contributed by atoms with Crippen molar-refractivity contribution in [3.63, 3.8) is 0 Å². The lowest BCUT2D eigenvalue weighted by atomic mass is 9.86. The highest BCUT2D eigenvalue weighted by molar-refractivity contribution is 4.79. The molecule has 0 saturated heterocycles. The van der Waals surface area contributed by atoms with Crippen LogP contribution in [0.5, 0.6) is 0 Å². The molecule has 12 heavy (non-hydrogen) atoms. The second-order valence-electron chi connectivity index (χ2n) is 4.16. The fourth-order valence-electron chi connectivity index (χ4n) is 1.22. The zero-order valence-corrected chi connectivity index (χ0v) is 8.82. The Labute approximate surface area is 77.2 Å². The average molecular weight is 169 g/mol. The first-order valence-corrected chi connectivity index (χ1v) is 4.94. The quantitative estimate of drug-likeness (QED) is 0.456. The summed E-state index contributed by atoms with van der Waals surface area (Å²) in [5.41, 5.74) is 0.419. The van der Waals surface area contributed by atoms with E-state index in [-0.39, 0.29) is 0 Å². The smallest absolute Gasteiger partial charge is 0.00437 e. The van der Waals surface area contributed by atoms with Gasteiger partial charge >= 0.3 is 0 Å². The van der Waals surface area contributed by atoms with Crippen LogP contribution >= 0.6 is 0 Å². The summed E-state index contributed by atoms with van der Waals surface area (Å²) in [6, 6.07) is 0. The fraction of sp³-hybridized carbons (Fsp3) is 0.818. The van der Waals surface area contributed by atoms with Crippen LogP contribution in [0.3, 0.4) is 0 Å². The fourth-order valence-corrected chi connectivity index (χ4v) is 1.22. The van der Waals surface area contributed by atoms with Gasteiger partial charge in [-0.25, -0.2) is 0 Å². The topological polar surface area (TPSA) is 12.0 Å². The van der Waals surface area contributed by atoms with Crippen LogP contribution < -0.4 is 5.32 Å². The third-order valence-electron chi connectivity index (χ3n) is 2.10. The molecule has 0 spiro atoms. The van der Waals surface area contributed by atoms with Crippen LogP contribution in [-0.2, 0) is 0 Å². The van der Waals surface area contributed by atoms with E-state index < -0.39 is 0 Å². The minimum atomic E-state index is 0.419. The molecule has 0 saturated carbocycles. The number of hydrogen-bond donors (Lipinski definition) is 1. The van der Waals surface area contributed by atoms with Gasteiger partial charge in [0.2, 0.25) is 0 Å². The number of nitrogens with one attached hydrogen (secondary N) is 1. The van der Waals surface area contributed by atoms with E-state index in [2.05, 4.69) is 32.7 Å². The first-order valence-electron chi connectivity index (χ1n) is 4.94. The van der Waals surface area contributed by atoms with Crippen molar-refractivity contribution in [2.45, 2.75) is 40.0 Å². The Morgan fingerprint density at radius 3 is 2.50 bits per heavy atom. The normalized spacial score (nSPS) is 11.6. The van der Waals surface area contributed by atoms with Gasteiger partial charge in [-0.3, -0.25) is 0 Å². The Morgan fingerprint density at radius 2 is 2.00 bits per heavy atom. The molecule has 1 heteroatoms. The second-order valence-corrected chi connectivity index (χ2v) is 4.16. The molecular formula is C11H23N. The first-order chi connectivity index (χ1) is 5.62. The van der Waals surface area contributed by atoms with Crippen molar-refractivity contribution in [2.75, 3.05) is 13.1 Å². The molecule has 0 bridgehead atoms. The van der Waals surface area contributed by atoms with Crippen molar-refractivity contribution in [1.82, 2.24) is 5.32 Å². The minimum Gasteiger partial charge on any atom is -0.317 e. The van der Waals surface area contributed by atoms with Gasteiger partial charge in [-0.05, 0) is 37.8 Å². The molecule has 0 aliphatic carbocycles. The van der Waals surface area contributed by atoms with Crippen LogP contribution in [0.15, 0.2) is 12.7 Å². The van der Waals surface area contributed by atoms with E-state index in [0.29, 0.717) is 5.41 Å². The van der Waals surface area contributed by atoms with Gasteiger partial charge in [-0.1, -0.05) is 26.8 Å². The molecule has 0 aliphatic rings. The van der Waals surface area contributed by atoms with E-state index in [9.17, 15) is 0 Å². The summed E-state index contributed by atoms with van der Waals surface area (Å²) in [5, 5.41) is 3.42. The van der Waals surface area contributed by atoms with E-state index in [4.69, 9.17) is 0 Å². The molecule has 0 aromatic rings. The molecule has 0 rings (SSSR count). The van der Waals surface area contributed by atoms with E-state index in [1.54, 1.807) is 0 Å². The van der Waals surface area contributed by atoms with Crippen molar-refractivity contribution < 1.29 is 0 Å². The average Bonchev–Trinajstić information content (AvgIpc) is 1.98. The van der Waals surface area contributed by atoms with Crippen LogP contribution in [0, 0.1) is 5.41 Å². The minimum absolute atomic E-state index is 0.419. The van der Waals surface area contributed by atoms with E-state index in [0.717, 1.165) is 19.5 Å². The zero-order chi connectivity index (χ0) is 9.45. The largest absolute Gasteiger partial charge is 0.317 e. The molecule has 0 aromatic heterocycles. The SMILES string of the molecule is C=CCC(C)(C)CCNCCC. The Bertz CT molecular complexity index is 116. The lowest BCUT2D eigenvalue weighted by Gasteiger charge is -2.22. The maximum absolute atomic E-state index is 3.77. The highest BCUT2D eigenvalue weighted by Crippen LogP contribution is 2.24. The first kappa shape index (κ1) is 11.7. The third-order valence-corrected chi connectivity index (χ3v) is 2.10. The number of allylic oxidation sites excluding steroid dienone is 1. The van der Waals surface area contributed by atoms with Gasteiger partial charge in [0.1, 0.15) is 0 Å². The van der Waals surface area contributed by atoms with Gasteiger partial charge in [-0.2, -0.15) is 0 Å². The van der Waals surface area contributed by atoms with Crippen molar-refractivity contribution >= 4 is 0 Å². The molecule has 0 unspecified atom stereocenters. The summed E-state index contributed by atoms with van der Waals surface area (Å²) in [4.78, 5) is 0. The predicted molar refractivity (Wildman–Crippen MR) is 56.4 cm³/mol. The molecule has 0 aromatic carbocycles. The number of hydrogen-bond acceptors (Lipinski definition) is 1. The Balaban J connectivity index is 3.39. The van der Waals surface area contributed by atoms with Crippen LogP contribution in [0.25, 0.3) is 0 Å². The van der Waals surface area contributed by atoms with Crippen molar-refractivity contribution in [3.05, 3.63) is 12.7 Å². The van der Waals surface area contributed by atoms with Crippen molar-refractivity contribution in [1.29, 1.82) is 0 Å². The summed E-state index contributed by atoms with van der Waals surface area (Å²) in [6.45, 7) is 12.8. The highest BCUT2D eigenvalue weighted by Gasteiger charge is 2.14. The Kier molecular flexibility index (Phi) is 6.09. The van der Waals surface area contributed by atoms with Gasteiger partial charge in [0, 0.05) is 0 Å². The van der Waals surface area contributed by atoms with Crippen LogP contribution in [0.4, 0.5) is 0 Å². The second kappa shape index (κ2) is 6.24. The molecule has 1 N–H and O–H groups in total. The van der Waals surface area contributed by atoms with Crippen molar-refractivity contribution in [2.24, 2.45) is 5.41 Å². The van der Waals surface area contributed by atoms with E-state index in [1.807, 2.05) is 6.08 Å². The van der Waals surface area contributed by atoms with Crippen LogP contribution in [-0.4, -0.2) is 13.1 Å². The molecule has 0 radical (unpaired) electrons. The zero-order valence-electron chi connectivity index (χ0n) is 8.82. The van der Waals surface area contributed by atoms with Gasteiger partial charge < -0.3 is 5.32 Å². The highest BCUT2D eigenvalue weighted by atomic mass is 14.8. The molecule has 0 fully saturated rings. The van der Waals surface area contributed by atoms with E-state index in [1.165, 1.54) is 12.8 Å². The summed E-state index contributed by atoms with van der Waals surface area (Å²) in [6.07, 6.45) is 5.58. The maximum atomic E-state index is 3.77. The van der Waals surface area contributed by atoms with Gasteiger partial charge in [0.15, 0.2) is 0 Å². The monoisotopic (exact) mass is 169 g/mol. The Morgan fingerprint density at radius 1 is 1.33 bits per heavy atom. The number of rotatable bonds is 7. The van der Waals surface area contributed by atoms with Gasteiger partial charge in [0.05, 0.1) is 0 Å². The van der Waals surface area contributed by atoms with Gasteiger partial charge in [0.25, 0.3) is 0 Å². The lowest BCUT2D eigenvalue weighted by Crippen LogP contribution is -2.22. The van der Waals surface area contributed by atoms with Crippen molar-refractivity contribution in [3.8, 4) is 0 Å². The van der Waals surface area contributed by atoms with E-state index >= 15 is 0 Å². The molecule has 0 aliphatic heterocycles. The predicted octanol–water partition coefficient (Wildman–Crippen LogP) is 2.98. The van der Waals surface area contributed by atoms with Crippen LogP contribution in [0.2, 0.25) is 0 Å². The maximum Gasteiger partial charge on any atom is -0.00437 e. The molecule has 0 heterocycles. The molecule has 72 valence electrons. The third kappa shape index (κ3) is 6.41. The van der Waals surface area contributed by atoms with Gasteiger partial charge in [-0.15, -0.1) is 6.58 Å². The molecule has 1 nitrogen and oxygen atoms in total.